The molecular formula is C93H155N10O43P. The van der Waals surface area contributed by atoms with E-state index in [1.165, 1.54) is 20.8 Å². The van der Waals surface area contributed by atoms with Gasteiger partial charge in [-0.1, -0.05) is 12.8 Å². The van der Waals surface area contributed by atoms with Crippen LogP contribution in [0, 0.1) is 11.3 Å². The van der Waals surface area contributed by atoms with Gasteiger partial charge in [0.2, 0.25) is 47.3 Å². The van der Waals surface area contributed by atoms with E-state index in [0.717, 1.165) is 68.7 Å². The fraction of sp³-hybridized carbons (Fsp3) is 0.806. The predicted octanol–water partition coefficient (Wildman–Crippen LogP) is -0.334. The molecule has 3 heterocycles. The summed E-state index contributed by atoms with van der Waals surface area (Å²) in [6.07, 6.45) is -11.1. The summed E-state index contributed by atoms with van der Waals surface area (Å²) in [6, 6.07) is -3.60. The molecule has 3 rings (SSSR count). The third-order valence-corrected chi connectivity index (χ3v) is 22.8. The Labute approximate surface area is 857 Å². The second-order valence-corrected chi connectivity index (χ2v) is 35.5. The van der Waals surface area contributed by atoms with E-state index in [2.05, 4.69) is 53.3 Å². The Balaban J connectivity index is 1.68. The summed E-state index contributed by atoms with van der Waals surface area (Å²) in [5, 5.41) is 31.1. The lowest BCUT2D eigenvalue weighted by molar-refractivity contribution is -0.279. The van der Waals surface area contributed by atoms with Gasteiger partial charge in [-0.2, -0.15) is 5.26 Å². The number of amides is 8. The molecule has 3 aliphatic heterocycles. The van der Waals surface area contributed by atoms with Crippen molar-refractivity contribution < 1.29 is 204 Å². The monoisotopic (exact) mass is 2130 g/mol. The molecule has 0 saturated carbocycles. The standard InChI is InChI=1S/C93H155N10O43P/c1-58(2)103(59(3)4)147(137-33-25-28-94)136-32-24-18-17-21-31-97-89(119)72(26-19-22-29-95-77(116)55-127-43-40-121-34-37-124-46-49-130-91-80(98-60(5)104)86(141-69(14)113)83(138-66(11)110)74(144-91)52-133-63(8)107)102-90(120)73(101-79(118)57-129-45-42-123-36-39-126-48-51-132-93-82(100-62(7)106)88(143-71(16)115)85(140-68(13)112)76(146-93)54-135-65(10)109)27-20-23-30-96-78(117)56-128-44-41-122-35-38-125-47-50-131-92-81(99-61(6)105)87(142-70(15)114)84(139-67(12)111)75(145-92)53-134-64(9)108/h58-59,72-76,80-88,91-93H,17-27,29-57H2,1-16H3,(H,95,116)(H,96,117)(H,97,119)(H,98,104)(H,99,105)(H,100,106)(H,101,118)(H,102,120)/t72-,73-,74+,75+,76+,80+,81+,82+,83?,84-,85-,86+,87+,88+,91+,92+,93+,147?/m0/s1. The van der Waals surface area contributed by atoms with Crippen LogP contribution in [0.5, 0.6) is 0 Å². The van der Waals surface area contributed by atoms with E-state index in [0.29, 0.717) is 45.1 Å². The fourth-order valence-corrected chi connectivity index (χ4v) is 16.3. The molecule has 0 aromatic rings. The van der Waals surface area contributed by atoms with Gasteiger partial charge in [-0.15, -0.1) is 0 Å². The number of nitrogens with one attached hydrogen (secondary N) is 8. The first-order valence-electron chi connectivity index (χ1n) is 49.0. The second-order valence-electron chi connectivity index (χ2n) is 34.1. The zero-order valence-electron chi connectivity index (χ0n) is 87.2. The molecule has 0 spiro atoms. The first kappa shape index (κ1) is 131. The number of nitriles is 1. The summed E-state index contributed by atoms with van der Waals surface area (Å²) < 4.78 is 149. The van der Waals surface area contributed by atoms with Gasteiger partial charge in [-0.3, -0.25) is 81.5 Å². The summed E-state index contributed by atoms with van der Waals surface area (Å²) >= 11 is 0. The first-order valence-corrected chi connectivity index (χ1v) is 50.1. The number of hydrogen-bond donors (Lipinski definition) is 8. The second kappa shape index (κ2) is 77.5. The molecule has 0 aromatic carbocycles. The van der Waals surface area contributed by atoms with Crippen molar-refractivity contribution in [2.75, 3.05) is 191 Å². The third-order valence-electron chi connectivity index (χ3n) is 20.7. The van der Waals surface area contributed by atoms with Crippen molar-refractivity contribution >= 4 is 110 Å². The Hall–Kier alpha value is -9.81. The number of ether oxygens (including phenoxy) is 24. The van der Waals surface area contributed by atoms with Gasteiger partial charge in [0.25, 0.3) is 8.53 Å². The van der Waals surface area contributed by atoms with Crippen LogP contribution in [0.1, 0.15) is 181 Å². The lowest BCUT2D eigenvalue weighted by Gasteiger charge is -2.44. The maximum atomic E-state index is 14.6. The van der Waals surface area contributed by atoms with Crippen LogP contribution in [0.4, 0.5) is 0 Å². The minimum Gasteiger partial charge on any atom is -0.463 e. The molecule has 0 radical (unpaired) electrons. The lowest BCUT2D eigenvalue weighted by Crippen LogP contribution is -2.66. The van der Waals surface area contributed by atoms with Gasteiger partial charge < -0.3 is 165 Å². The van der Waals surface area contributed by atoms with Gasteiger partial charge in [0.05, 0.1) is 145 Å². The molecule has 3 fully saturated rings. The van der Waals surface area contributed by atoms with Gasteiger partial charge in [0.1, 0.15) is 88.2 Å². The summed E-state index contributed by atoms with van der Waals surface area (Å²) in [6.45, 7) is 20.7. The van der Waals surface area contributed by atoms with Crippen LogP contribution >= 0.6 is 8.53 Å². The minimum absolute atomic E-state index is 0.00662. The van der Waals surface area contributed by atoms with E-state index >= 15 is 0 Å². The van der Waals surface area contributed by atoms with Crippen molar-refractivity contribution in [1.29, 1.82) is 5.26 Å². The lowest BCUT2D eigenvalue weighted by atomic mass is 9.96. The maximum absolute atomic E-state index is 14.6. The van der Waals surface area contributed by atoms with Crippen LogP contribution in [-0.4, -0.2) is 413 Å². The molecule has 147 heavy (non-hydrogen) atoms. The topological polar surface area (TPSA) is 653 Å². The molecule has 0 bridgehead atoms. The number of carbonyl (C=O) groups is 17. The summed E-state index contributed by atoms with van der Waals surface area (Å²) in [4.78, 5) is 214. The Bertz CT molecular complexity index is 3980. The molecule has 3 aliphatic rings. The summed E-state index contributed by atoms with van der Waals surface area (Å²) in [5.74, 6) is -11.2. The van der Waals surface area contributed by atoms with E-state index in [1.807, 2.05) is 27.7 Å². The highest BCUT2D eigenvalue weighted by Crippen LogP contribution is 2.46. The van der Waals surface area contributed by atoms with Crippen LogP contribution < -0.4 is 42.5 Å². The van der Waals surface area contributed by atoms with Crippen molar-refractivity contribution in [3.63, 3.8) is 0 Å². The molecule has 840 valence electrons. The van der Waals surface area contributed by atoms with Gasteiger partial charge in [-0.25, -0.2) is 4.67 Å². The van der Waals surface area contributed by atoms with E-state index in [1.54, 1.807) is 0 Å². The molecule has 53 nitrogen and oxygen atoms in total. The van der Waals surface area contributed by atoms with E-state index in [4.69, 9.17) is 128 Å². The molecule has 54 heteroatoms. The maximum Gasteiger partial charge on any atom is 0.303 e. The Kier molecular flexibility index (Phi) is 69.3. The highest BCUT2D eigenvalue weighted by molar-refractivity contribution is 7.44. The first-order chi connectivity index (χ1) is 70.1. The van der Waals surface area contributed by atoms with Crippen LogP contribution in [0.3, 0.4) is 0 Å². The van der Waals surface area contributed by atoms with E-state index in [-0.39, 0.29) is 196 Å². The molecule has 0 aliphatic carbocycles. The summed E-state index contributed by atoms with van der Waals surface area (Å²) in [7, 11) is -1.44. The van der Waals surface area contributed by atoms with Crippen LogP contribution in [-0.2, 0) is 204 Å². The van der Waals surface area contributed by atoms with Crippen molar-refractivity contribution in [1.82, 2.24) is 47.2 Å². The Morgan fingerprint density at radius 2 is 0.599 bits per heavy atom. The quantitative estimate of drug-likeness (QED) is 0.0167. The van der Waals surface area contributed by atoms with Crippen molar-refractivity contribution in [3.8, 4) is 6.07 Å². The minimum atomic E-state index is -1.44. The van der Waals surface area contributed by atoms with E-state index < -0.39 is 240 Å². The van der Waals surface area contributed by atoms with Crippen LogP contribution in [0.2, 0.25) is 0 Å². The zero-order valence-corrected chi connectivity index (χ0v) is 88.0. The molecular weight excluding hydrogens is 1980 g/mol. The van der Waals surface area contributed by atoms with Crippen molar-refractivity contribution in [2.45, 2.75) is 298 Å². The Morgan fingerprint density at radius 3 is 0.912 bits per heavy atom. The van der Waals surface area contributed by atoms with Crippen LogP contribution in [0.25, 0.3) is 0 Å². The highest BCUT2D eigenvalue weighted by Gasteiger charge is 2.55. The zero-order chi connectivity index (χ0) is 109. The third kappa shape index (κ3) is 59.4. The molecule has 2 unspecified atom stereocenters. The Morgan fingerprint density at radius 1 is 0.313 bits per heavy atom. The predicted molar refractivity (Wildman–Crippen MR) is 507 cm³/mol. The summed E-state index contributed by atoms with van der Waals surface area (Å²) in [5.41, 5.74) is 0. The molecule has 0 aromatic heterocycles. The SMILES string of the molecule is CC(=O)N[C@H]1[C@H](OCCOCCOCCOCC(=O)NCCCC[C@H](NC(=O)COCCOCCOCCO[C@@H]2O[C@H](COC(C)=O)[C@H](OC(C)=O)[C@H](OC(C)=O)[C@H]2NC(C)=O)C(=O)N[C@@H](CCCCNC(=O)COCCOCCOCCO[C@@H]2O[C@H](COC(C)=O)C(OC(C)=O)[C@H](OC(C)=O)[C@H]2NC(C)=O)C(=O)NCCCCCCOP(OCCC#N)N(C(C)C)C(C)C)O[C@H](COC(C)=O)[C@H](OC(C)=O)[C@@H]1OC(C)=O. The number of esters is 9. The molecule has 3 saturated heterocycles. The number of rotatable bonds is 79. The molecule has 8 N–H and O–H groups in total. The van der Waals surface area contributed by atoms with Gasteiger partial charge in [0.15, 0.2) is 55.5 Å². The van der Waals surface area contributed by atoms with Crippen LogP contribution in [0.15, 0.2) is 0 Å². The molecule has 18 atom stereocenters. The smallest absolute Gasteiger partial charge is 0.303 e. The largest absolute Gasteiger partial charge is 0.463 e. The van der Waals surface area contributed by atoms with Crippen molar-refractivity contribution in [3.05, 3.63) is 0 Å². The van der Waals surface area contributed by atoms with Gasteiger partial charge >= 0.3 is 53.7 Å². The van der Waals surface area contributed by atoms with Gasteiger partial charge in [0, 0.05) is 115 Å². The number of unbranched alkanes of at least 4 members (excludes halogenated alkanes) is 5. The van der Waals surface area contributed by atoms with Gasteiger partial charge in [-0.05, 0) is 79.1 Å². The van der Waals surface area contributed by atoms with Crippen molar-refractivity contribution in [2.24, 2.45) is 0 Å². The number of hydrogen-bond acceptors (Lipinski definition) is 45. The number of carbonyl (C=O) groups excluding carboxylic acids is 17. The average molecular weight is 2130 g/mol. The molecule has 8 amide bonds. The normalized spacial score (nSPS) is 21.2. The fourth-order valence-electron chi connectivity index (χ4n) is 14.7. The van der Waals surface area contributed by atoms with E-state index in [9.17, 15) is 81.5 Å². The average Bonchev–Trinajstić information content (AvgIpc) is 0.792. The number of nitrogens with zero attached hydrogens (tertiary/aromatic N) is 2. The highest BCUT2D eigenvalue weighted by atomic mass is 31.2.